The van der Waals surface area contributed by atoms with Crippen LogP contribution in [0, 0.1) is 6.92 Å². The molecule has 0 bridgehead atoms. The van der Waals surface area contributed by atoms with E-state index >= 15 is 0 Å². The zero-order valence-electron chi connectivity index (χ0n) is 11.9. The Kier molecular flexibility index (Phi) is 6.73. The smallest absolute Gasteiger partial charge is 0.363 e. The van der Waals surface area contributed by atoms with Gasteiger partial charge in [-0.05, 0) is 32.0 Å². The lowest BCUT2D eigenvalue weighted by Gasteiger charge is -2.10. The average Bonchev–Trinajstić information content (AvgIpc) is 2.69. The van der Waals surface area contributed by atoms with Crippen molar-refractivity contribution in [1.82, 2.24) is 20.4 Å². The van der Waals surface area contributed by atoms with Gasteiger partial charge in [0.15, 0.2) is 10.8 Å². The summed E-state index contributed by atoms with van der Waals surface area (Å²) in [5, 5.41) is 9.72. The minimum absolute atomic E-state index is 0.315. The van der Waals surface area contributed by atoms with Crippen LogP contribution in [0.15, 0.2) is 0 Å². The Labute approximate surface area is 132 Å². The van der Waals surface area contributed by atoms with Crippen molar-refractivity contribution in [2.24, 2.45) is 0 Å². The van der Waals surface area contributed by atoms with Crippen LogP contribution in [-0.4, -0.2) is 28.0 Å². The lowest BCUT2D eigenvalue weighted by atomic mass is 10.3. The minimum atomic E-state index is -4.53. The Bertz CT molecular complexity index is 488. The van der Waals surface area contributed by atoms with Gasteiger partial charge in [-0.25, -0.2) is 0 Å². The molecule has 0 saturated carbocycles. The van der Waals surface area contributed by atoms with Gasteiger partial charge in [0.05, 0.1) is 10.7 Å². The molecule has 0 saturated heterocycles. The molecule has 0 fully saturated rings. The van der Waals surface area contributed by atoms with Crippen LogP contribution in [0.1, 0.15) is 31.2 Å². The second-order valence-corrected chi connectivity index (χ2v) is 5.29. The Balaban J connectivity index is 2.48. The molecule has 1 heterocycles. The third-order valence-electron chi connectivity index (χ3n) is 2.77. The number of aromatic nitrogens is 2. The Morgan fingerprint density at radius 1 is 1.33 bits per heavy atom. The highest BCUT2D eigenvalue weighted by atomic mass is 35.5. The largest absolute Gasteiger partial charge is 0.436 e. The molecule has 0 aliphatic heterocycles. The summed E-state index contributed by atoms with van der Waals surface area (Å²) in [6.45, 7) is 5.22. The maximum Gasteiger partial charge on any atom is 0.436 e. The normalized spacial score (nSPS) is 11.5. The maximum atomic E-state index is 12.7. The minimum Gasteiger partial charge on any atom is -0.363 e. The molecule has 2 N–H and O–H groups in total. The highest BCUT2D eigenvalue weighted by molar-refractivity contribution is 7.80. The molecule has 0 aromatic carbocycles. The van der Waals surface area contributed by atoms with Crippen LogP contribution in [0.4, 0.5) is 13.2 Å². The number of nitrogens with zero attached hydrogens (tertiary/aromatic N) is 2. The molecule has 0 aliphatic rings. The van der Waals surface area contributed by atoms with Gasteiger partial charge < -0.3 is 10.6 Å². The molecule has 1 aromatic rings. The van der Waals surface area contributed by atoms with Crippen LogP contribution in [0.2, 0.25) is 5.02 Å². The molecule has 4 nitrogen and oxygen atoms in total. The molecule has 0 radical (unpaired) electrons. The fraction of sp³-hybridized carbons (Fsp3) is 0.667. The van der Waals surface area contributed by atoms with Crippen LogP contribution in [-0.2, 0) is 12.7 Å². The van der Waals surface area contributed by atoms with Crippen LogP contribution < -0.4 is 10.6 Å². The third kappa shape index (κ3) is 5.35. The number of hydrogen-bond donors (Lipinski definition) is 2. The Morgan fingerprint density at radius 2 is 1.95 bits per heavy atom. The quantitative estimate of drug-likeness (QED) is 0.615. The molecule has 1 rings (SSSR count). The van der Waals surface area contributed by atoms with Crippen LogP contribution >= 0.6 is 23.8 Å². The molecule has 9 heteroatoms. The summed E-state index contributed by atoms with van der Waals surface area (Å²) in [4.78, 5) is 0. The van der Waals surface area contributed by atoms with Crippen molar-refractivity contribution in [1.29, 1.82) is 0 Å². The van der Waals surface area contributed by atoms with Crippen molar-refractivity contribution in [3.63, 3.8) is 0 Å². The molecule has 0 unspecified atom stereocenters. The van der Waals surface area contributed by atoms with E-state index in [0.29, 0.717) is 30.3 Å². The molecule has 0 aliphatic carbocycles. The Hall–Kier alpha value is -1.02. The van der Waals surface area contributed by atoms with Gasteiger partial charge in [0.1, 0.15) is 0 Å². The summed E-state index contributed by atoms with van der Waals surface area (Å²) in [7, 11) is 0. The van der Waals surface area contributed by atoms with E-state index in [9.17, 15) is 13.2 Å². The van der Waals surface area contributed by atoms with Gasteiger partial charge >= 0.3 is 6.18 Å². The summed E-state index contributed by atoms with van der Waals surface area (Å²) >= 11 is 10.7. The van der Waals surface area contributed by atoms with Crippen molar-refractivity contribution in [2.75, 3.05) is 13.1 Å². The monoisotopic (exact) mass is 342 g/mol. The highest BCUT2D eigenvalue weighted by Crippen LogP contribution is 2.35. The zero-order valence-corrected chi connectivity index (χ0v) is 13.4. The average molecular weight is 343 g/mol. The van der Waals surface area contributed by atoms with Crippen molar-refractivity contribution < 1.29 is 13.2 Å². The van der Waals surface area contributed by atoms with Gasteiger partial charge in [-0.3, -0.25) is 4.68 Å². The number of rotatable bonds is 6. The molecule has 0 amide bonds. The van der Waals surface area contributed by atoms with Crippen molar-refractivity contribution in [3.8, 4) is 0 Å². The molecule has 120 valence electrons. The van der Waals surface area contributed by atoms with E-state index in [2.05, 4.69) is 15.7 Å². The molecular formula is C12H18ClF3N4S. The first-order chi connectivity index (χ1) is 9.77. The predicted molar refractivity (Wildman–Crippen MR) is 80.5 cm³/mol. The molecule has 0 atom stereocenters. The van der Waals surface area contributed by atoms with E-state index < -0.39 is 11.9 Å². The number of alkyl halides is 3. The number of thiocarbonyl (C=S) groups is 1. The van der Waals surface area contributed by atoms with E-state index in [-0.39, 0.29) is 5.02 Å². The first kappa shape index (κ1) is 18.0. The van der Waals surface area contributed by atoms with Gasteiger partial charge in [-0.15, -0.1) is 0 Å². The van der Waals surface area contributed by atoms with Crippen LogP contribution in [0.3, 0.4) is 0 Å². The summed E-state index contributed by atoms with van der Waals surface area (Å²) in [6, 6.07) is 0. The number of aryl methyl sites for hydroxylation is 1. The van der Waals surface area contributed by atoms with E-state index in [4.69, 9.17) is 23.8 Å². The predicted octanol–water partition coefficient (Wildman–Crippen LogP) is 3.13. The van der Waals surface area contributed by atoms with Crippen LogP contribution in [0.25, 0.3) is 0 Å². The first-order valence-corrected chi connectivity index (χ1v) is 7.37. The molecule has 21 heavy (non-hydrogen) atoms. The fourth-order valence-corrected chi connectivity index (χ4v) is 2.10. The van der Waals surface area contributed by atoms with Crippen LogP contribution in [0.5, 0.6) is 0 Å². The van der Waals surface area contributed by atoms with E-state index in [0.717, 1.165) is 13.0 Å². The van der Waals surface area contributed by atoms with Gasteiger partial charge in [0, 0.05) is 19.6 Å². The summed E-state index contributed by atoms with van der Waals surface area (Å²) in [5.41, 5.74) is -0.717. The number of hydrogen-bond acceptors (Lipinski definition) is 2. The van der Waals surface area contributed by atoms with Gasteiger partial charge in [0.25, 0.3) is 0 Å². The molecule has 1 aromatic heterocycles. The zero-order chi connectivity index (χ0) is 16.0. The lowest BCUT2D eigenvalue weighted by molar-refractivity contribution is -0.141. The standard InChI is InChI=1S/C12H18ClF3N4S/c1-3-5-17-11(21)18-6-4-7-20-8(2)9(13)10(19-20)12(14,15)16/h3-7H2,1-2H3,(H2,17,18,21). The second-order valence-electron chi connectivity index (χ2n) is 4.51. The maximum absolute atomic E-state index is 12.7. The molecule has 0 spiro atoms. The van der Waals surface area contributed by atoms with E-state index in [1.165, 1.54) is 11.6 Å². The van der Waals surface area contributed by atoms with Crippen molar-refractivity contribution in [3.05, 3.63) is 16.4 Å². The van der Waals surface area contributed by atoms with Gasteiger partial charge in [-0.1, -0.05) is 18.5 Å². The van der Waals surface area contributed by atoms with E-state index in [1.54, 1.807) is 0 Å². The fourth-order valence-electron chi connectivity index (χ4n) is 1.65. The van der Waals surface area contributed by atoms with Crippen molar-refractivity contribution >= 4 is 28.9 Å². The lowest BCUT2D eigenvalue weighted by Crippen LogP contribution is -2.36. The SMILES string of the molecule is CCCNC(=S)NCCCn1nc(C(F)(F)F)c(Cl)c1C. The third-order valence-corrected chi connectivity index (χ3v) is 3.51. The van der Waals surface area contributed by atoms with Crippen molar-refractivity contribution in [2.45, 2.75) is 39.4 Å². The first-order valence-electron chi connectivity index (χ1n) is 6.59. The number of nitrogens with one attached hydrogen (secondary N) is 2. The second kappa shape index (κ2) is 7.84. The summed E-state index contributed by atoms with van der Waals surface area (Å²) < 4.78 is 39.2. The Morgan fingerprint density at radius 3 is 2.48 bits per heavy atom. The number of halogens is 4. The van der Waals surface area contributed by atoms with Gasteiger partial charge in [-0.2, -0.15) is 18.3 Å². The van der Waals surface area contributed by atoms with Gasteiger partial charge in [0.2, 0.25) is 0 Å². The summed E-state index contributed by atoms with van der Waals surface area (Å²) in [6.07, 6.45) is -2.98. The topological polar surface area (TPSA) is 41.9 Å². The molecular weight excluding hydrogens is 325 g/mol. The highest BCUT2D eigenvalue weighted by Gasteiger charge is 2.38. The summed E-state index contributed by atoms with van der Waals surface area (Å²) in [5.74, 6) is 0. The van der Waals surface area contributed by atoms with E-state index in [1.807, 2.05) is 6.92 Å².